The lowest BCUT2D eigenvalue weighted by atomic mass is 10.2. The van der Waals surface area contributed by atoms with Crippen molar-refractivity contribution in [2.75, 3.05) is 26.9 Å². The first-order valence-electron chi connectivity index (χ1n) is 6.07. The molecule has 1 saturated heterocycles. The van der Waals surface area contributed by atoms with Crippen molar-refractivity contribution in [2.24, 2.45) is 0 Å². The molecule has 1 amide bonds. The summed E-state index contributed by atoms with van der Waals surface area (Å²) in [5, 5.41) is 8.95. The fourth-order valence-corrected chi connectivity index (χ4v) is 1.72. The van der Waals surface area contributed by atoms with Gasteiger partial charge in [0, 0.05) is 7.11 Å². The summed E-state index contributed by atoms with van der Waals surface area (Å²) in [7, 11) is 1.51. The van der Waals surface area contributed by atoms with E-state index in [-0.39, 0.29) is 25.8 Å². The Kier molecular flexibility index (Phi) is 5.13. The average molecular weight is 275 g/mol. The number of morpholine rings is 1. The molecule has 1 aliphatic rings. The van der Waals surface area contributed by atoms with E-state index in [1.165, 1.54) is 12.0 Å². The second-order valence-corrected chi connectivity index (χ2v) is 5.40. The van der Waals surface area contributed by atoms with E-state index in [4.69, 9.17) is 19.3 Å². The van der Waals surface area contributed by atoms with Gasteiger partial charge < -0.3 is 19.3 Å². The van der Waals surface area contributed by atoms with Crippen LogP contribution in [0.15, 0.2) is 0 Å². The highest BCUT2D eigenvalue weighted by atomic mass is 16.6. The Morgan fingerprint density at radius 3 is 2.53 bits per heavy atom. The van der Waals surface area contributed by atoms with Gasteiger partial charge in [0.1, 0.15) is 5.60 Å². The molecule has 0 bridgehead atoms. The smallest absolute Gasteiger partial charge is 0.410 e. The Labute approximate surface area is 112 Å². The summed E-state index contributed by atoms with van der Waals surface area (Å²) in [6, 6.07) is -0.338. The third kappa shape index (κ3) is 4.68. The molecule has 1 N–H and O–H groups in total. The molecule has 19 heavy (non-hydrogen) atoms. The van der Waals surface area contributed by atoms with Crippen molar-refractivity contribution in [2.45, 2.75) is 38.5 Å². The Morgan fingerprint density at radius 2 is 2.05 bits per heavy atom. The molecule has 1 fully saturated rings. The molecular formula is C12H21NO6. The summed E-state index contributed by atoms with van der Waals surface area (Å²) in [5.41, 5.74) is -0.633. The van der Waals surface area contributed by atoms with Gasteiger partial charge in [-0.05, 0) is 20.8 Å². The number of hydrogen-bond donors (Lipinski definition) is 1. The maximum atomic E-state index is 12.1. The number of amides is 1. The average Bonchev–Trinajstić information content (AvgIpc) is 2.27. The highest BCUT2D eigenvalue weighted by Gasteiger charge is 2.37. The number of hydrogen-bond acceptors (Lipinski definition) is 5. The molecule has 2 atom stereocenters. The van der Waals surface area contributed by atoms with Crippen molar-refractivity contribution in [1.82, 2.24) is 4.90 Å². The largest absolute Gasteiger partial charge is 0.479 e. The highest BCUT2D eigenvalue weighted by molar-refractivity contribution is 5.75. The number of methoxy groups -OCH3 is 1. The molecule has 1 rings (SSSR count). The molecule has 0 unspecified atom stereocenters. The van der Waals surface area contributed by atoms with Crippen molar-refractivity contribution < 1.29 is 28.9 Å². The van der Waals surface area contributed by atoms with Crippen molar-refractivity contribution in [1.29, 1.82) is 0 Å². The van der Waals surface area contributed by atoms with Gasteiger partial charge in [-0.15, -0.1) is 0 Å². The molecule has 1 heterocycles. The van der Waals surface area contributed by atoms with Gasteiger partial charge in [0.2, 0.25) is 0 Å². The van der Waals surface area contributed by atoms with Crippen LogP contribution in [0.2, 0.25) is 0 Å². The maximum Gasteiger partial charge on any atom is 0.410 e. The summed E-state index contributed by atoms with van der Waals surface area (Å²) in [6.45, 7) is 5.61. The van der Waals surface area contributed by atoms with Crippen molar-refractivity contribution in [3.05, 3.63) is 0 Å². The minimum atomic E-state index is -1.09. The van der Waals surface area contributed by atoms with Gasteiger partial charge in [-0.1, -0.05) is 0 Å². The van der Waals surface area contributed by atoms with Gasteiger partial charge in [-0.25, -0.2) is 9.59 Å². The summed E-state index contributed by atoms with van der Waals surface area (Å²) in [4.78, 5) is 24.4. The van der Waals surface area contributed by atoms with Crippen molar-refractivity contribution in [3.8, 4) is 0 Å². The van der Waals surface area contributed by atoms with Gasteiger partial charge in [0.05, 0.1) is 25.8 Å². The molecule has 7 heteroatoms. The molecule has 0 saturated carbocycles. The normalized spacial score (nSPS) is 24.1. The predicted molar refractivity (Wildman–Crippen MR) is 66.0 cm³/mol. The maximum absolute atomic E-state index is 12.1. The molecule has 0 aromatic heterocycles. The predicted octanol–water partition coefficient (Wildman–Crippen LogP) is 0.722. The zero-order chi connectivity index (χ0) is 14.6. The van der Waals surface area contributed by atoms with Crippen LogP contribution in [0.4, 0.5) is 4.79 Å². The quantitative estimate of drug-likeness (QED) is 0.817. The summed E-state index contributed by atoms with van der Waals surface area (Å²) in [6.07, 6.45) is -1.58. The van der Waals surface area contributed by atoms with E-state index in [1.54, 1.807) is 20.8 Å². The van der Waals surface area contributed by atoms with Gasteiger partial charge in [-0.3, -0.25) is 4.90 Å². The number of carboxylic acids is 1. The highest BCUT2D eigenvalue weighted by Crippen LogP contribution is 2.17. The van der Waals surface area contributed by atoms with Gasteiger partial charge in [0.15, 0.2) is 6.10 Å². The van der Waals surface area contributed by atoms with Crippen LogP contribution in [0.25, 0.3) is 0 Å². The number of carboxylic acid groups (broad SMARTS) is 1. The topological polar surface area (TPSA) is 85.3 Å². The minimum absolute atomic E-state index is 0.0434. The number of ether oxygens (including phenoxy) is 3. The number of carbonyl (C=O) groups is 2. The molecule has 0 aromatic carbocycles. The molecule has 0 radical (unpaired) electrons. The molecule has 110 valence electrons. The Hall–Kier alpha value is -1.34. The van der Waals surface area contributed by atoms with Crippen LogP contribution in [0, 0.1) is 0 Å². The van der Waals surface area contributed by atoms with Crippen LogP contribution in [0.5, 0.6) is 0 Å². The monoisotopic (exact) mass is 275 g/mol. The van der Waals surface area contributed by atoms with E-state index in [0.29, 0.717) is 0 Å². The van der Waals surface area contributed by atoms with E-state index >= 15 is 0 Å². The lowest BCUT2D eigenvalue weighted by molar-refractivity contribution is -0.160. The zero-order valence-corrected chi connectivity index (χ0v) is 11.7. The molecule has 0 aromatic rings. The van der Waals surface area contributed by atoms with Gasteiger partial charge >= 0.3 is 12.1 Å². The number of carbonyl (C=O) groups excluding carboxylic acids is 1. The van der Waals surface area contributed by atoms with Crippen LogP contribution in [-0.4, -0.2) is 66.7 Å². The zero-order valence-electron chi connectivity index (χ0n) is 11.7. The lowest BCUT2D eigenvalue weighted by Gasteiger charge is -2.38. The lowest BCUT2D eigenvalue weighted by Crippen LogP contribution is -2.56. The standard InChI is InChI=1S/C12H21NO6/c1-12(2,3)19-11(16)13-5-9(10(14)15)18-7-8(13)6-17-4/h8-9H,5-7H2,1-4H3,(H,14,15)/t8-,9+/m0/s1. The first-order chi connectivity index (χ1) is 8.74. The summed E-state index contributed by atoms with van der Waals surface area (Å²) >= 11 is 0. The second kappa shape index (κ2) is 6.21. The van der Waals surface area contributed by atoms with Gasteiger partial charge in [0.25, 0.3) is 0 Å². The summed E-state index contributed by atoms with van der Waals surface area (Å²) in [5.74, 6) is -1.09. The minimum Gasteiger partial charge on any atom is -0.479 e. The third-order valence-corrected chi connectivity index (χ3v) is 2.56. The van der Waals surface area contributed by atoms with E-state index in [0.717, 1.165) is 0 Å². The Morgan fingerprint density at radius 1 is 1.42 bits per heavy atom. The molecule has 7 nitrogen and oxygen atoms in total. The van der Waals surface area contributed by atoms with Crippen LogP contribution >= 0.6 is 0 Å². The van der Waals surface area contributed by atoms with Crippen LogP contribution < -0.4 is 0 Å². The first kappa shape index (κ1) is 15.7. The SMILES string of the molecule is COC[C@H]1CO[C@@H](C(=O)O)CN1C(=O)OC(C)(C)C. The van der Waals surface area contributed by atoms with Crippen LogP contribution in [0.1, 0.15) is 20.8 Å². The molecule has 1 aliphatic heterocycles. The molecular weight excluding hydrogens is 254 g/mol. The van der Waals surface area contributed by atoms with Crippen LogP contribution in [0.3, 0.4) is 0 Å². The van der Waals surface area contributed by atoms with E-state index in [1.807, 2.05) is 0 Å². The Balaban J connectivity index is 2.76. The van der Waals surface area contributed by atoms with Crippen LogP contribution in [-0.2, 0) is 19.0 Å². The number of aliphatic carboxylic acids is 1. The fraction of sp³-hybridized carbons (Fsp3) is 0.833. The number of nitrogens with zero attached hydrogens (tertiary/aromatic N) is 1. The third-order valence-electron chi connectivity index (χ3n) is 2.56. The second-order valence-electron chi connectivity index (χ2n) is 5.40. The first-order valence-corrected chi connectivity index (χ1v) is 6.07. The summed E-state index contributed by atoms with van der Waals surface area (Å²) < 4.78 is 15.5. The van der Waals surface area contributed by atoms with Gasteiger partial charge in [-0.2, -0.15) is 0 Å². The van der Waals surface area contributed by atoms with E-state index in [9.17, 15) is 9.59 Å². The van der Waals surface area contributed by atoms with Crippen molar-refractivity contribution >= 4 is 12.1 Å². The fourth-order valence-electron chi connectivity index (χ4n) is 1.72. The molecule has 0 aliphatic carbocycles. The van der Waals surface area contributed by atoms with E-state index in [2.05, 4.69) is 0 Å². The van der Waals surface area contributed by atoms with E-state index < -0.39 is 23.8 Å². The number of rotatable bonds is 3. The van der Waals surface area contributed by atoms with Crippen molar-refractivity contribution in [3.63, 3.8) is 0 Å². The molecule has 0 spiro atoms. The Bertz CT molecular complexity index is 338.